The number of rotatable bonds is 2. The number of carbonyl (C=O) groups is 1. The molecule has 0 radical (unpaired) electrons. The summed E-state index contributed by atoms with van der Waals surface area (Å²) in [5, 5.41) is 23.8. The van der Waals surface area contributed by atoms with Crippen molar-refractivity contribution in [2.24, 2.45) is 21.1 Å². The number of aryl methyl sites for hydroxylation is 5. The number of nitrogens with zero attached hydrogens (tertiary/aromatic N) is 6. The third-order valence-electron chi connectivity index (χ3n) is 9.45. The summed E-state index contributed by atoms with van der Waals surface area (Å²) in [6, 6.07) is 18.6. The summed E-state index contributed by atoms with van der Waals surface area (Å²) in [4.78, 5) is 16.3. The zero-order valence-electron chi connectivity index (χ0n) is 27.9. The van der Waals surface area contributed by atoms with Crippen LogP contribution >= 0.6 is 23.4 Å². The smallest absolute Gasteiger partial charge is 0.352 e. The molecule has 0 fully saturated rings. The summed E-state index contributed by atoms with van der Waals surface area (Å²) in [5.41, 5.74) is 7.61. The first-order valence-electron chi connectivity index (χ1n) is 16.2. The van der Waals surface area contributed by atoms with Crippen LogP contribution in [-0.2, 0) is 46.4 Å². The summed E-state index contributed by atoms with van der Waals surface area (Å²) in [5.74, 6) is 0.636. The SMILES string of the molecule is CCN1Cc2cc(n(C)n2)CSc2cc(c3ccccc3c2)OCCCc2c(C(=O)O)n(C)c3c(c(Cl)ccc23)-c2c(C)nn(C)c2C1. The highest BCUT2D eigenvalue weighted by atomic mass is 35.5. The Labute approximate surface area is 289 Å². The van der Waals surface area contributed by atoms with Crippen molar-refractivity contribution in [1.29, 1.82) is 0 Å². The Morgan fingerprint density at radius 2 is 1.81 bits per heavy atom. The van der Waals surface area contributed by atoms with E-state index in [1.807, 2.05) is 61.7 Å². The van der Waals surface area contributed by atoms with Gasteiger partial charge >= 0.3 is 5.97 Å². The maximum Gasteiger partial charge on any atom is 0.352 e. The molecule has 0 aliphatic carbocycles. The predicted molar refractivity (Wildman–Crippen MR) is 192 cm³/mol. The first-order valence-corrected chi connectivity index (χ1v) is 17.6. The predicted octanol–water partition coefficient (Wildman–Crippen LogP) is 7.76. The second kappa shape index (κ2) is 13.0. The highest BCUT2D eigenvalue weighted by Crippen LogP contribution is 2.42. The summed E-state index contributed by atoms with van der Waals surface area (Å²) in [6.07, 6.45) is 1.18. The Morgan fingerprint density at radius 3 is 2.60 bits per heavy atom. The molecule has 1 N–H and O–H groups in total. The molecule has 0 amide bonds. The highest BCUT2D eigenvalue weighted by Gasteiger charge is 2.28. The average Bonchev–Trinajstić information content (AvgIpc) is 3.66. The third kappa shape index (κ3) is 5.76. The van der Waals surface area contributed by atoms with Crippen molar-refractivity contribution >= 4 is 51.0 Å². The minimum absolute atomic E-state index is 0.267. The molecule has 8 bridgehead atoms. The van der Waals surface area contributed by atoms with Gasteiger partial charge < -0.3 is 14.4 Å². The van der Waals surface area contributed by atoms with Crippen LogP contribution in [0.25, 0.3) is 32.8 Å². The largest absolute Gasteiger partial charge is 0.493 e. The molecular weight excluding hydrogens is 644 g/mol. The van der Waals surface area contributed by atoms with Gasteiger partial charge in [0.25, 0.3) is 0 Å². The van der Waals surface area contributed by atoms with Crippen molar-refractivity contribution < 1.29 is 14.6 Å². The van der Waals surface area contributed by atoms with E-state index < -0.39 is 5.97 Å². The molecule has 6 aromatic rings. The number of fused-ring (bicyclic) bond motifs is 8. The lowest BCUT2D eigenvalue weighted by Gasteiger charge is -2.21. The molecule has 0 saturated carbocycles. The molecule has 9 nitrogen and oxygen atoms in total. The fraction of sp³-hybridized carbons (Fsp3) is 0.324. The molecule has 0 spiro atoms. The van der Waals surface area contributed by atoms with E-state index in [1.54, 1.807) is 16.3 Å². The van der Waals surface area contributed by atoms with Gasteiger partial charge in [0.15, 0.2) is 0 Å². The van der Waals surface area contributed by atoms with Gasteiger partial charge in [-0.25, -0.2) is 4.79 Å². The zero-order chi connectivity index (χ0) is 33.7. The number of ether oxygens (including phenoxy) is 1. The van der Waals surface area contributed by atoms with Crippen LogP contribution in [-0.4, -0.2) is 53.3 Å². The molecular formula is C37H39ClN6O3S. The van der Waals surface area contributed by atoms with Crippen LogP contribution in [0.4, 0.5) is 0 Å². The van der Waals surface area contributed by atoms with Gasteiger partial charge in [-0.1, -0.05) is 48.9 Å². The van der Waals surface area contributed by atoms with E-state index in [2.05, 4.69) is 42.2 Å². The lowest BCUT2D eigenvalue weighted by molar-refractivity contribution is 0.0685. The Balaban J connectivity index is 1.39. The van der Waals surface area contributed by atoms with Crippen LogP contribution in [0.1, 0.15) is 52.2 Å². The third-order valence-corrected chi connectivity index (χ3v) is 10.8. The Hall–Kier alpha value is -4.25. The van der Waals surface area contributed by atoms with Crippen molar-refractivity contribution in [3.63, 3.8) is 0 Å². The number of hydrogen-bond acceptors (Lipinski definition) is 6. The molecule has 3 aromatic heterocycles. The van der Waals surface area contributed by atoms with Gasteiger partial charge in [-0.05, 0) is 61.5 Å². The molecule has 0 atom stereocenters. The number of halogens is 1. The number of carboxylic acids is 1. The van der Waals surface area contributed by atoms with Gasteiger partial charge in [0.05, 0.1) is 34.2 Å². The zero-order valence-corrected chi connectivity index (χ0v) is 29.5. The Bertz CT molecular complexity index is 2200. The summed E-state index contributed by atoms with van der Waals surface area (Å²) in [6.45, 7) is 6.68. The van der Waals surface area contributed by atoms with E-state index in [-0.39, 0.29) is 5.69 Å². The van der Waals surface area contributed by atoms with E-state index in [0.717, 1.165) is 84.1 Å². The first-order chi connectivity index (χ1) is 23.1. The molecule has 0 unspecified atom stereocenters. The molecule has 7 rings (SSSR count). The number of aromatic carboxylic acids is 1. The number of benzene rings is 3. The number of carboxylic acid groups (broad SMARTS) is 1. The van der Waals surface area contributed by atoms with Crippen LogP contribution in [0.3, 0.4) is 0 Å². The maximum atomic E-state index is 12.8. The van der Waals surface area contributed by atoms with Gasteiger partial charge in [-0.15, -0.1) is 11.8 Å². The maximum absolute atomic E-state index is 12.8. The quantitative estimate of drug-likeness (QED) is 0.200. The second-order valence-electron chi connectivity index (χ2n) is 12.5. The monoisotopic (exact) mass is 682 g/mol. The Kier molecular flexibility index (Phi) is 8.74. The lowest BCUT2D eigenvalue weighted by atomic mass is 9.97. The minimum atomic E-state index is -0.966. The van der Waals surface area contributed by atoms with E-state index >= 15 is 0 Å². The summed E-state index contributed by atoms with van der Waals surface area (Å²) in [7, 11) is 5.79. The number of thioether (sulfide) groups is 1. The van der Waals surface area contributed by atoms with Crippen LogP contribution in [0.5, 0.6) is 5.75 Å². The summed E-state index contributed by atoms with van der Waals surface area (Å²) < 4.78 is 12.2. The normalized spacial score (nSPS) is 14.6. The van der Waals surface area contributed by atoms with E-state index in [9.17, 15) is 9.90 Å². The molecule has 0 saturated heterocycles. The minimum Gasteiger partial charge on any atom is -0.493 e. The van der Waals surface area contributed by atoms with Crippen molar-refractivity contribution in [1.82, 2.24) is 29.0 Å². The molecule has 1 aliphatic heterocycles. The van der Waals surface area contributed by atoms with Crippen molar-refractivity contribution in [3.8, 4) is 16.9 Å². The standard InChI is InChI=1S/C37H39ClN6O3S/c1-6-44-19-24-17-25(42(4)40-24)21-48-26-16-23-10-7-8-11-27(23)32(18-26)47-15-9-12-28-29-13-14-30(38)34(35(29)41(3)36(28)37(45)46)33-22(2)39-43(5)31(33)20-44/h7-8,10-11,13-14,16-18H,6,9,12,15,19-21H2,1-5H3,(H,45,46). The van der Waals surface area contributed by atoms with Gasteiger partial charge in [0.1, 0.15) is 11.4 Å². The summed E-state index contributed by atoms with van der Waals surface area (Å²) >= 11 is 8.81. The van der Waals surface area contributed by atoms with Gasteiger partial charge in [0, 0.05) is 72.5 Å². The number of aromatic nitrogens is 5. The molecule has 11 heteroatoms. The van der Waals surface area contributed by atoms with Gasteiger partial charge in [-0.2, -0.15) is 10.2 Å². The average molecular weight is 683 g/mol. The van der Waals surface area contributed by atoms with Gasteiger partial charge in [0.2, 0.25) is 0 Å². The van der Waals surface area contributed by atoms with Crippen molar-refractivity contribution in [2.75, 3.05) is 13.2 Å². The second-order valence-corrected chi connectivity index (χ2v) is 13.9. The van der Waals surface area contributed by atoms with Crippen LogP contribution in [0.15, 0.2) is 59.5 Å². The fourth-order valence-corrected chi connectivity index (χ4v) is 8.35. The van der Waals surface area contributed by atoms with Crippen molar-refractivity contribution in [3.05, 3.63) is 93.7 Å². The van der Waals surface area contributed by atoms with Crippen LogP contribution in [0.2, 0.25) is 5.02 Å². The topological polar surface area (TPSA) is 90.3 Å². The first kappa shape index (κ1) is 32.3. The molecule has 3 aromatic carbocycles. The highest BCUT2D eigenvalue weighted by molar-refractivity contribution is 7.98. The molecule has 248 valence electrons. The van der Waals surface area contributed by atoms with E-state index in [0.29, 0.717) is 37.6 Å². The van der Waals surface area contributed by atoms with Crippen LogP contribution < -0.4 is 4.74 Å². The van der Waals surface area contributed by atoms with E-state index in [4.69, 9.17) is 26.5 Å². The Morgan fingerprint density at radius 1 is 1.00 bits per heavy atom. The lowest BCUT2D eigenvalue weighted by Crippen LogP contribution is -2.24. The van der Waals surface area contributed by atoms with Gasteiger partial charge in [-0.3, -0.25) is 14.3 Å². The molecule has 4 heterocycles. The molecule has 1 aliphatic rings. The molecule has 48 heavy (non-hydrogen) atoms. The van der Waals surface area contributed by atoms with Crippen LogP contribution in [0, 0.1) is 6.92 Å². The van der Waals surface area contributed by atoms with Crippen molar-refractivity contribution in [2.45, 2.75) is 50.4 Å². The number of hydrogen-bond donors (Lipinski definition) is 1. The van der Waals surface area contributed by atoms with E-state index in [1.165, 1.54) is 0 Å². The fourth-order valence-electron chi connectivity index (χ4n) is 7.12.